The lowest BCUT2D eigenvalue weighted by atomic mass is 10.0. The molecule has 0 bridgehead atoms. The lowest BCUT2D eigenvalue weighted by Crippen LogP contribution is -3.30. The zero-order chi connectivity index (χ0) is 15.4. The quantitative estimate of drug-likeness (QED) is 0.590. The Bertz CT molecular complexity index is 458. The molecule has 0 spiro atoms. The van der Waals surface area contributed by atoms with Gasteiger partial charge in [-0.3, -0.25) is 0 Å². The molecule has 0 aromatic heterocycles. The number of hydrogen-bond donors (Lipinski definition) is 3. The Morgan fingerprint density at radius 3 is 2.32 bits per heavy atom. The van der Waals surface area contributed by atoms with Crippen molar-refractivity contribution in [2.24, 2.45) is 0 Å². The molecule has 3 N–H and O–H groups in total. The minimum absolute atomic E-state index is 0.944. The Morgan fingerprint density at radius 2 is 1.68 bits per heavy atom. The molecule has 3 heteroatoms. The second-order valence-corrected chi connectivity index (χ2v) is 7.45. The molecule has 22 heavy (non-hydrogen) atoms. The average molecular weight is 305 g/mol. The van der Waals surface area contributed by atoms with Crippen molar-refractivity contribution in [2.75, 3.05) is 45.8 Å². The summed E-state index contributed by atoms with van der Waals surface area (Å²) in [5, 5.41) is 0. The molecule has 3 nitrogen and oxygen atoms in total. The molecule has 0 unspecified atom stereocenters. The van der Waals surface area contributed by atoms with Crippen molar-refractivity contribution in [3.63, 3.8) is 0 Å². The number of nitrogens with one attached hydrogen (secondary N) is 3. The molecule has 3 rings (SSSR count). The van der Waals surface area contributed by atoms with Gasteiger partial charge in [-0.1, -0.05) is 29.8 Å². The predicted molar refractivity (Wildman–Crippen MR) is 90.5 cm³/mol. The van der Waals surface area contributed by atoms with Crippen LogP contribution in [0.25, 0.3) is 0 Å². The summed E-state index contributed by atoms with van der Waals surface area (Å²) in [6.45, 7) is 15.4. The highest BCUT2D eigenvalue weighted by atomic mass is 15.3. The molecule has 2 aliphatic rings. The largest absolute Gasteiger partial charge is 0.331 e. The highest BCUT2D eigenvalue weighted by Crippen LogP contribution is 2.03. The first kappa shape index (κ1) is 16.0. The number of likely N-dealkylation sites (N-methyl/N-ethyl adjacent to an activating group) is 1. The van der Waals surface area contributed by atoms with E-state index < -0.39 is 0 Å². The summed E-state index contributed by atoms with van der Waals surface area (Å²) in [5.74, 6) is 0. The first-order valence-electron chi connectivity index (χ1n) is 9.32. The second-order valence-electron chi connectivity index (χ2n) is 7.45. The first-order valence-corrected chi connectivity index (χ1v) is 9.32. The van der Waals surface area contributed by atoms with Gasteiger partial charge in [0.2, 0.25) is 0 Å². The van der Waals surface area contributed by atoms with Gasteiger partial charge in [0.1, 0.15) is 32.7 Å². The molecule has 0 atom stereocenters. The molecule has 0 radical (unpaired) electrons. The van der Waals surface area contributed by atoms with Gasteiger partial charge in [-0.2, -0.15) is 0 Å². The second kappa shape index (κ2) is 7.58. The summed E-state index contributed by atoms with van der Waals surface area (Å²) in [4.78, 5) is 5.51. The number of likely N-dealkylation sites (tertiary alicyclic amines) is 1. The van der Waals surface area contributed by atoms with Crippen LogP contribution in [-0.2, 0) is 6.54 Å². The number of hydrogen-bond acceptors (Lipinski definition) is 0. The van der Waals surface area contributed by atoms with Crippen LogP contribution in [0.2, 0.25) is 0 Å². The summed E-state index contributed by atoms with van der Waals surface area (Å²) >= 11 is 0. The van der Waals surface area contributed by atoms with Gasteiger partial charge in [-0.15, -0.1) is 0 Å². The van der Waals surface area contributed by atoms with Gasteiger partial charge in [0.15, 0.2) is 0 Å². The Kier molecular flexibility index (Phi) is 5.51. The predicted octanol–water partition coefficient (Wildman–Crippen LogP) is -1.65. The van der Waals surface area contributed by atoms with Crippen molar-refractivity contribution in [1.29, 1.82) is 0 Å². The highest BCUT2D eigenvalue weighted by molar-refractivity contribution is 5.21. The van der Waals surface area contributed by atoms with Crippen LogP contribution < -0.4 is 14.7 Å². The van der Waals surface area contributed by atoms with Crippen molar-refractivity contribution >= 4 is 0 Å². The molecule has 0 amide bonds. The number of piperidine rings is 1. The van der Waals surface area contributed by atoms with E-state index in [4.69, 9.17) is 0 Å². The molecule has 122 valence electrons. The summed E-state index contributed by atoms with van der Waals surface area (Å²) in [7, 11) is 0. The van der Waals surface area contributed by atoms with Crippen molar-refractivity contribution in [2.45, 2.75) is 39.3 Å². The zero-order valence-electron chi connectivity index (χ0n) is 14.5. The van der Waals surface area contributed by atoms with Crippen LogP contribution in [0.3, 0.4) is 0 Å². The fourth-order valence-electron chi connectivity index (χ4n) is 4.41. The van der Waals surface area contributed by atoms with Crippen LogP contribution in [0.15, 0.2) is 24.3 Å². The van der Waals surface area contributed by atoms with Crippen LogP contribution in [0.1, 0.15) is 30.9 Å². The molecule has 2 fully saturated rings. The maximum Gasteiger partial charge on any atom is 0.127 e. The molecule has 0 aliphatic carbocycles. The molecule has 2 saturated heterocycles. The summed E-state index contributed by atoms with van der Waals surface area (Å²) in [5.41, 5.74) is 2.91. The van der Waals surface area contributed by atoms with Gasteiger partial charge in [-0.05, 0) is 13.8 Å². The van der Waals surface area contributed by atoms with E-state index in [9.17, 15) is 0 Å². The molecule has 1 aromatic rings. The van der Waals surface area contributed by atoms with Crippen LogP contribution in [0, 0.1) is 6.92 Å². The third kappa shape index (κ3) is 4.09. The number of piperazine rings is 1. The molecule has 2 heterocycles. The first-order chi connectivity index (χ1) is 10.7. The SMILES string of the molecule is CC[NH+]1CC[NH+](C2CC[NH+](Cc3cccc(C)c3)CC2)CC1. The van der Waals surface area contributed by atoms with E-state index >= 15 is 0 Å². The maximum atomic E-state index is 2.36. The Labute approximate surface area is 135 Å². The van der Waals surface area contributed by atoms with E-state index in [0.29, 0.717) is 0 Å². The van der Waals surface area contributed by atoms with E-state index in [0.717, 1.165) is 6.04 Å². The lowest BCUT2D eigenvalue weighted by Gasteiger charge is -2.37. The van der Waals surface area contributed by atoms with E-state index in [-0.39, 0.29) is 0 Å². The van der Waals surface area contributed by atoms with Gasteiger partial charge in [-0.25, -0.2) is 0 Å². The van der Waals surface area contributed by atoms with Gasteiger partial charge in [0.25, 0.3) is 0 Å². The van der Waals surface area contributed by atoms with E-state index in [2.05, 4.69) is 38.1 Å². The van der Waals surface area contributed by atoms with Crippen molar-refractivity contribution < 1.29 is 14.7 Å². The lowest BCUT2D eigenvalue weighted by molar-refractivity contribution is -1.03. The highest BCUT2D eigenvalue weighted by Gasteiger charge is 2.33. The molecular formula is C19H34N3+3. The molecule has 1 aromatic carbocycles. The minimum Gasteiger partial charge on any atom is -0.331 e. The van der Waals surface area contributed by atoms with Crippen LogP contribution in [0.5, 0.6) is 0 Å². The average Bonchev–Trinajstić information content (AvgIpc) is 2.56. The normalized spacial score (nSPS) is 32.8. The summed E-state index contributed by atoms with van der Waals surface area (Å²) in [6, 6.07) is 10.0. The maximum absolute atomic E-state index is 2.36. The summed E-state index contributed by atoms with van der Waals surface area (Å²) < 4.78 is 0. The fourth-order valence-corrected chi connectivity index (χ4v) is 4.41. The fraction of sp³-hybridized carbons (Fsp3) is 0.684. The van der Waals surface area contributed by atoms with Gasteiger partial charge in [0.05, 0.1) is 25.7 Å². The van der Waals surface area contributed by atoms with Crippen LogP contribution >= 0.6 is 0 Å². The monoisotopic (exact) mass is 304 g/mol. The number of aryl methyl sites for hydroxylation is 1. The smallest absolute Gasteiger partial charge is 0.127 e. The third-order valence-corrected chi connectivity index (χ3v) is 5.91. The Balaban J connectivity index is 1.44. The van der Waals surface area contributed by atoms with Crippen LogP contribution in [0.4, 0.5) is 0 Å². The summed E-state index contributed by atoms with van der Waals surface area (Å²) in [6.07, 6.45) is 2.86. The van der Waals surface area contributed by atoms with Crippen molar-refractivity contribution in [1.82, 2.24) is 0 Å². The topological polar surface area (TPSA) is 13.3 Å². The number of benzene rings is 1. The van der Waals surface area contributed by atoms with E-state index in [1.165, 1.54) is 76.3 Å². The Hall–Kier alpha value is -0.900. The van der Waals surface area contributed by atoms with Gasteiger partial charge < -0.3 is 14.7 Å². The van der Waals surface area contributed by atoms with Gasteiger partial charge in [0, 0.05) is 18.4 Å². The van der Waals surface area contributed by atoms with Crippen molar-refractivity contribution in [3.8, 4) is 0 Å². The van der Waals surface area contributed by atoms with Gasteiger partial charge >= 0.3 is 0 Å². The molecular weight excluding hydrogens is 270 g/mol. The third-order valence-electron chi connectivity index (χ3n) is 5.91. The standard InChI is InChI=1S/C19H31N3/c1-3-20-11-13-22(14-12-20)19-7-9-21(10-8-19)16-18-6-4-5-17(2)15-18/h4-6,15,19H,3,7-14,16H2,1-2H3/p+3. The van der Waals surface area contributed by atoms with Crippen molar-refractivity contribution in [3.05, 3.63) is 35.4 Å². The molecule has 0 saturated carbocycles. The van der Waals surface area contributed by atoms with Crippen LogP contribution in [-0.4, -0.2) is 51.9 Å². The molecule has 2 aliphatic heterocycles. The number of quaternary nitrogens is 3. The van der Waals surface area contributed by atoms with E-state index in [1.54, 1.807) is 4.90 Å². The number of rotatable bonds is 4. The van der Waals surface area contributed by atoms with E-state index in [1.807, 2.05) is 9.80 Å². The minimum atomic E-state index is 0.944. The zero-order valence-corrected chi connectivity index (χ0v) is 14.5. The Morgan fingerprint density at radius 1 is 0.955 bits per heavy atom.